The van der Waals surface area contributed by atoms with E-state index < -0.39 is 5.69 Å². The van der Waals surface area contributed by atoms with Crippen molar-refractivity contribution >= 4 is 27.1 Å². The molecule has 0 aliphatic heterocycles. The Morgan fingerprint density at radius 1 is 0.931 bits per heavy atom. The van der Waals surface area contributed by atoms with Crippen molar-refractivity contribution in [2.75, 3.05) is 0 Å². The van der Waals surface area contributed by atoms with E-state index in [1.54, 1.807) is 11.6 Å². The Bertz CT molecular complexity index is 1320. The van der Waals surface area contributed by atoms with Crippen LogP contribution in [0.15, 0.2) is 62.9 Å². The van der Waals surface area contributed by atoms with Gasteiger partial charge < -0.3 is 9.30 Å². The maximum absolute atomic E-state index is 12.7. The van der Waals surface area contributed by atoms with E-state index in [9.17, 15) is 9.59 Å². The number of ether oxygens (including phenoxy) is 1. The van der Waals surface area contributed by atoms with Crippen molar-refractivity contribution in [3.63, 3.8) is 0 Å². The van der Waals surface area contributed by atoms with Gasteiger partial charge in [-0.3, -0.25) is 13.9 Å². The Morgan fingerprint density at radius 2 is 1.52 bits per heavy atom. The molecule has 0 amide bonds. The average molecular weight is 455 g/mol. The van der Waals surface area contributed by atoms with Crippen molar-refractivity contribution in [2.45, 2.75) is 13.5 Å². The summed E-state index contributed by atoms with van der Waals surface area (Å²) >= 11 is 3.41. The van der Waals surface area contributed by atoms with E-state index in [2.05, 4.69) is 20.9 Å². The minimum Gasteiger partial charge on any atom is -0.457 e. The quantitative estimate of drug-likeness (QED) is 0.443. The van der Waals surface area contributed by atoms with Crippen LogP contribution in [-0.2, 0) is 20.6 Å². The molecule has 0 spiro atoms. The van der Waals surface area contributed by atoms with Crippen molar-refractivity contribution in [1.82, 2.24) is 18.7 Å². The van der Waals surface area contributed by atoms with E-state index >= 15 is 0 Å². The number of aryl methyl sites for hydroxylation is 2. The number of benzene rings is 2. The lowest BCUT2D eigenvalue weighted by molar-refractivity contribution is 0.482. The van der Waals surface area contributed by atoms with Crippen molar-refractivity contribution in [3.05, 3.63) is 85.2 Å². The third-order valence-electron chi connectivity index (χ3n) is 4.82. The summed E-state index contributed by atoms with van der Waals surface area (Å²) in [7, 11) is 3.07. The molecule has 0 radical (unpaired) electrons. The summed E-state index contributed by atoms with van der Waals surface area (Å²) in [5.41, 5.74) is 2.09. The lowest BCUT2D eigenvalue weighted by Crippen LogP contribution is -2.37. The fourth-order valence-electron chi connectivity index (χ4n) is 3.15. The number of halogens is 1. The highest BCUT2D eigenvalue weighted by molar-refractivity contribution is 9.10. The topological polar surface area (TPSA) is 71.1 Å². The zero-order valence-corrected chi connectivity index (χ0v) is 17.8. The van der Waals surface area contributed by atoms with E-state index in [0.29, 0.717) is 22.4 Å². The lowest BCUT2D eigenvalue weighted by Gasteiger charge is -2.09. The van der Waals surface area contributed by atoms with Crippen LogP contribution in [0.1, 0.15) is 11.1 Å². The van der Waals surface area contributed by atoms with Crippen molar-refractivity contribution in [2.24, 2.45) is 14.1 Å². The highest BCUT2D eigenvalue weighted by Crippen LogP contribution is 2.23. The molecule has 2 heterocycles. The van der Waals surface area contributed by atoms with Gasteiger partial charge in [-0.1, -0.05) is 29.8 Å². The fourth-order valence-corrected chi connectivity index (χ4v) is 3.62. The first-order valence-electron chi connectivity index (χ1n) is 9.00. The van der Waals surface area contributed by atoms with E-state index in [1.807, 2.05) is 55.5 Å². The third-order valence-corrected chi connectivity index (χ3v) is 5.43. The van der Waals surface area contributed by atoms with Gasteiger partial charge in [0.05, 0.1) is 6.54 Å². The number of fused-ring (bicyclic) bond motifs is 1. The minimum absolute atomic E-state index is 0.351. The molecular weight excluding hydrogens is 436 g/mol. The molecule has 0 fully saturated rings. The summed E-state index contributed by atoms with van der Waals surface area (Å²) in [5, 5.41) is 0. The molecule has 0 saturated carbocycles. The summed E-state index contributed by atoms with van der Waals surface area (Å²) in [4.78, 5) is 29.1. The first-order chi connectivity index (χ1) is 13.8. The van der Waals surface area contributed by atoms with Crippen LogP contribution < -0.4 is 16.0 Å². The van der Waals surface area contributed by atoms with Crippen molar-refractivity contribution in [1.29, 1.82) is 0 Å². The highest BCUT2D eigenvalue weighted by atomic mass is 79.9. The zero-order chi connectivity index (χ0) is 20.7. The normalized spacial score (nSPS) is 11.2. The van der Waals surface area contributed by atoms with Gasteiger partial charge in [-0.15, -0.1) is 0 Å². The van der Waals surface area contributed by atoms with Gasteiger partial charge in [0.1, 0.15) is 11.5 Å². The molecule has 2 aromatic carbocycles. The third kappa shape index (κ3) is 3.51. The average Bonchev–Trinajstić information content (AvgIpc) is 3.04. The van der Waals surface area contributed by atoms with E-state index in [1.165, 1.54) is 17.2 Å². The number of nitrogens with zero attached hydrogens (tertiary/aromatic N) is 4. The summed E-state index contributed by atoms with van der Waals surface area (Å²) < 4.78 is 10.6. The van der Waals surface area contributed by atoms with Gasteiger partial charge in [0.2, 0.25) is 0 Å². The lowest BCUT2D eigenvalue weighted by atomic mass is 10.2. The summed E-state index contributed by atoms with van der Waals surface area (Å²) in [6.45, 7) is 2.46. The number of rotatable bonds is 4. The summed E-state index contributed by atoms with van der Waals surface area (Å²) in [5.74, 6) is 1.50. The molecule has 7 nitrogen and oxygen atoms in total. The predicted octanol–water partition coefficient (Wildman–Crippen LogP) is 3.35. The van der Waals surface area contributed by atoms with Gasteiger partial charge in [0.15, 0.2) is 15.9 Å². The second-order valence-corrected chi connectivity index (χ2v) is 7.61. The predicted molar refractivity (Wildman–Crippen MR) is 115 cm³/mol. The first kappa shape index (κ1) is 19.2. The smallest absolute Gasteiger partial charge is 0.332 e. The molecule has 0 unspecified atom stereocenters. The molecule has 8 heteroatoms. The van der Waals surface area contributed by atoms with Gasteiger partial charge >= 0.3 is 5.69 Å². The minimum atomic E-state index is -0.405. The molecule has 0 N–H and O–H groups in total. The molecule has 0 atom stereocenters. The zero-order valence-electron chi connectivity index (χ0n) is 16.2. The summed E-state index contributed by atoms with van der Waals surface area (Å²) in [6.07, 6.45) is 0. The molecule has 0 saturated heterocycles. The molecule has 29 heavy (non-hydrogen) atoms. The van der Waals surface area contributed by atoms with Gasteiger partial charge in [-0.05, 0) is 52.7 Å². The SMILES string of the molecule is Cc1ccc(Oc2ccc(Cn3c(Br)nc4c3c(=O)n(C)c(=O)n4C)cc2)cc1. The number of hydrogen-bond donors (Lipinski definition) is 0. The van der Waals surface area contributed by atoms with Crippen molar-refractivity contribution < 1.29 is 4.74 Å². The molecule has 0 bridgehead atoms. The van der Waals surface area contributed by atoms with Crippen LogP contribution in [0, 0.1) is 6.92 Å². The Morgan fingerprint density at radius 3 is 2.14 bits per heavy atom. The van der Waals surface area contributed by atoms with Crippen LogP contribution in [0.3, 0.4) is 0 Å². The maximum Gasteiger partial charge on any atom is 0.332 e. The van der Waals surface area contributed by atoms with Crippen LogP contribution in [0.4, 0.5) is 0 Å². The Hall–Kier alpha value is -3.13. The van der Waals surface area contributed by atoms with Crippen LogP contribution in [0.2, 0.25) is 0 Å². The van der Waals surface area contributed by atoms with Crippen LogP contribution >= 0.6 is 15.9 Å². The second-order valence-electron chi connectivity index (χ2n) is 6.90. The van der Waals surface area contributed by atoms with Gasteiger partial charge in [0, 0.05) is 14.1 Å². The van der Waals surface area contributed by atoms with Crippen LogP contribution in [0.25, 0.3) is 11.2 Å². The largest absolute Gasteiger partial charge is 0.457 e. The fraction of sp³-hybridized carbons (Fsp3) is 0.190. The van der Waals surface area contributed by atoms with Crippen molar-refractivity contribution in [3.8, 4) is 11.5 Å². The molecule has 2 aromatic heterocycles. The van der Waals surface area contributed by atoms with E-state index in [4.69, 9.17) is 4.74 Å². The molecule has 4 rings (SSSR count). The number of hydrogen-bond acceptors (Lipinski definition) is 4. The first-order valence-corrected chi connectivity index (χ1v) is 9.79. The van der Waals surface area contributed by atoms with E-state index in [0.717, 1.165) is 21.6 Å². The molecule has 0 aliphatic rings. The van der Waals surface area contributed by atoms with Gasteiger partial charge in [0.25, 0.3) is 5.56 Å². The Balaban J connectivity index is 1.65. The standard InChI is InChI=1S/C21H19BrN4O3/c1-13-4-8-15(9-5-13)29-16-10-6-14(7-11-16)12-26-17-18(23-20(26)22)24(2)21(28)25(3)19(17)27/h4-11H,12H2,1-3H3. The molecule has 0 aliphatic carbocycles. The highest BCUT2D eigenvalue weighted by Gasteiger charge is 2.18. The molecular formula is C21H19BrN4O3. The summed E-state index contributed by atoms with van der Waals surface area (Å²) in [6, 6.07) is 15.5. The number of aromatic nitrogens is 4. The van der Waals surface area contributed by atoms with E-state index in [-0.39, 0.29) is 5.56 Å². The Kier molecular flexibility index (Phi) is 4.87. The second kappa shape index (κ2) is 7.36. The van der Waals surface area contributed by atoms with Crippen LogP contribution in [-0.4, -0.2) is 18.7 Å². The molecule has 148 valence electrons. The Labute approximate surface area is 174 Å². The number of imidazole rings is 1. The monoisotopic (exact) mass is 454 g/mol. The molecule has 4 aromatic rings. The maximum atomic E-state index is 12.7. The van der Waals surface area contributed by atoms with Crippen LogP contribution in [0.5, 0.6) is 11.5 Å². The van der Waals surface area contributed by atoms with Gasteiger partial charge in [-0.25, -0.2) is 9.78 Å². The van der Waals surface area contributed by atoms with Gasteiger partial charge in [-0.2, -0.15) is 0 Å².